The highest BCUT2D eigenvalue weighted by Gasteiger charge is 2.15. The molecule has 1 aromatic carbocycles. The fourth-order valence-electron chi connectivity index (χ4n) is 2.88. The van der Waals surface area contributed by atoms with E-state index in [1.54, 1.807) is 7.05 Å². The lowest BCUT2D eigenvalue weighted by Crippen LogP contribution is -2.43. The van der Waals surface area contributed by atoms with Crippen molar-refractivity contribution in [3.05, 3.63) is 34.9 Å². The van der Waals surface area contributed by atoms with Crippen molar-refractivity contribution in [3.63, 3.8) is 0 Å². The minimum atomic E-state index is 0.723. The van der Waals surface area contributed by atoms with E-state index in [1.807, 2.05) is 18.2 Å². The molecular formula is C17H27ClN4. The molecule has 4 nitrogen and oxygen atoms in total. The van der Waals surface area contributed by atoms with Crippen molar-refractivity contribution in [1.82, 2.24) is 15.5 Å². The van der Waals surface area contributed by atoms with Crippen LogP contribution in [-0.4, -0.2) is 44.1 Å². The topological polar surface area (TPSA) is 39.7 Å². The van der Waals surface area contributed by atoms with Crippen LogP contribution in [0, 0.1) is 5.92 Å². The Labute approximate surface area is 138 Å². The number of nitrogens with one attached hydrogen (secondary N) is 2. The molecule has 1 saturated heterocycles. The fraction of sp³-hybridized carbons (Fsp3) is 0.588. The molecule has 0 aromatic heterocycles. The molecule has 0 radical (unpaired) electrons. The van der Waals surface area contributed by atoms with Crippen LogP contribution in [0.4, 0.5) is 0 Å². The summed E-state index contributed by atoms with van der Waals surface area (Å²) in [6.45, 7) is 7.49. The van der Waals surface area contributed by atoms with Crippen LogP contribution in [0.1, 0.15) is 25.3 Å². The summed E-state index contributed by atoms with van der Waals surface area (Å²) in [6.07, 6.45) is 2.69. The maximum atomic E-state index is 6.00. The van der Waals surface area contributed by atoms with Crippen molar-refractivity contribution >= 4 is 17.6 Å². The number of halogens is 1. The summed E-state index contributed by atoms with van der Waals surface area (Å²) in [6, 6.07) is 7.88. The lowest BCUT2D eigenvalue weighted by Gasteiger charge is -2.30. The van der Waals surface area contributed by atoms with Gasteiger partial charge in [-0.25, -0.2) is 0 Å². The van der Waals surface area contributed by atoms with E-state index in [0.717, 1.165) is 42.1 Å². The molecule has 1 unspecified atom stereocenters. The first-order chi connectivity index (χ1) is 10.7. The molecule has 0 saturated carbocycles. The second kappa shape index (κ2) is 9.01. The standard InChI is InChI=1S/C17H27ClN4/c1-14-5-4-9-22(13-14)10-8-20-17(19-2)21-12-15-6-3-7-16(18)11-15/h3,6-7,11,14H,4-5,8-10,12-13H2,1-2H3,(H2,19,20,21). The number of nitrogens with zero attached hydrogens (tertiary/aromatic N) is 2. The molecule has 1 fully saturated rings. The van der Waals surface area contributed by atoms with E-state index in [-0.39, 0.29) is 0 Å². The molecule has 2 N–H and O–H groups in total. The van der Waals surface area contributed by atoms with Crippen LogP contribution in [0.5, 0.6) is 0 Å². The highest BCUT2D eigenvalue weighted by molar-refractivity contribution is 6.30. The smallest absolute Gasteiger partial charge is 0.191 e. The maximum Gasteiger partial charge on any atom is 0.191 e. The summed E-state index contributed by atoms with van der Waals surface area (Å²) in [5.41, 5.74) is 1.15. The number of hydrogen-bond donors (Lipinski definition) is 2. The summed E-state index contributed by atoms with van der Waals surface area (Å²) in [4.78, 5) is 6.80. The van der Waals surface area contributed by atoms with Gasteiger partial charge in [-0.2, -0.15) is 0 Å². The van der Waals surface area contributed by atoms with Crippen molar-refractivity contribution in [2.75, 3.05) is 33.2 Å². The van der Waals surface area contributed by atoms with Crippen molar-refractivity contribution in [1.29, 1.82) is 0 Å². The Morgan fingerprint density at radius 2 is 2.27 bits per heavy atom. The largest absolute Gasteiger partial charge is 0.355 e. The number of aliphatic imine (C=N–C) groups is 1. The Morgan fingerprint density at radius 1 is 1.41 bits per heavy atom. The minimum absolute atomic E-state index is 0.723. The monoisotopic (exact) mass is 322 g/mol. The third kappa shape index (κ3) is 5.85. The van der Waals surface area contributed by atoms with Gasteiger partial charge in [0.15, 0.2) is 5.96 Å². The second-order valence-electron chi connectivity index (χ2n) is 6.03. The van der Waals surface area contributed by atoms with Gasteiger partial charge in [-0.3, -0.25) is 4.99 Å². The molecule has 1 aliphatic heterocycles. The zero-order valence-electron chi connectivity index (χ0n) is 13.6. The van der Waals surface area contributed by atoms with Gasteiger partial charge in [0.25, 0.3) is 0 Å². The maximum absolute atomic E-state index is 6.00. The molecule has 0 spiro atoms. The summed E-state index contributed by atoms with van der Waals surface area (Å²) in [5.74, 6) is 1.67. The number of hydrogen-bond acceptors (Lipinski definition) is 2. The molecule has 0 aliphatic carbocycles. The first-order valence-corrected chi connectivity index (χ1v) is 8.46. The van der Waals surface area contributed by atoms with Crippen LogP contribution in [0.2, 0.25) is 5.02 Å². The second-order valence-corrected chi connectivity index (χ2v) is 6.47. The molecule has 1 atom stereocenters. The molecule has 0 amide bonds. The minimum Gasteiger partial charge on any atom is -0.355 e. The lowest BCUT2D eigenvalue weighted by atomic mass is 10.0. The summed E-state index contributed by atoms with van der Waals surface area (Å²) in [7, 11) is 1.80. The molecule has 122 valence electrons. The van der Waals surface area contributed by atoms with Crippen molar-refractivity contribution in [2.45, 2.75) is 26.3 Å². The van der Waals surface area contributed by atoms with Gasteiger partial charge in [-0.1, -0.05) is 30.7 Å². The van der Waals surface area contributed by atoms with Crippen LogP contribution in [-0.2, 0) is 6.54 Å². The van der Waals surface area contributed by atoms with E-state index in [9.17, 15) is 0 Å². The Bertz CT molecular complexity index is 489. The number of piperidine rings is 1. The summed E-state index contributed by atoms with van der Waals surface area (Å²) >= 11 is 6.00. The molecule has 22 heavy (non-hydrogen) atoms. The van der Waals surface area contributed by atoms with Gasteiger partial charge in [0.05, 0.1) is 0 Å². The molecule has 5 heteroatoms. The van der Waals surface area contributed by atoms with Crippen LogP contribution >= 0.6 is 11.6 Å². The van der Waals surface area contributed by atoms with Gasteiger partial charge in [0.2, 0.25) is 0 Å². The first-order valence-electron chi connectivity index (χ1n) is 8.08. The van der Waals surface area contributed by atoms with Gasteiger partial charge in [-0.05, 0) is 43.0 Å². The van der Waals surface area contributed by atoms with Gasteiger partial charge in [0, 0.05) is 38.2 Å². The van der Waals surface area contributed by atoms with Crippen LogP contribution in [0.15, 0.2) is 29.3 Å². The van der Waals surface area contributed by atoms with E-state index < -0.39 is 0 Å². The number of rotatable bonds is 5. The fourth-order valence-corrected chi connectivity index (χ4v) is 3.09. The quantitative estimate of drug-likeness (QED) is 0.647. The van der Waals surface area contributed by atoms with E-state index in [1.165, 1.54) is 25.9 Å². The Morgan fingerprint density at radius 3 is 3.00 bits per heavy atom. The first kappa shape index (κ1) is 17.1. The van der Waals surface area contributed by atoms with Crippen LogP contribution in [0.3, 0.4) is 0 Å². The van der Waals surface area contributed by atoms with Gasteiger partial charge >= 0.3 is 0 Å². The van der Waals surface area contributed by atoms with Gasteiger partial charge < -0.3 is 15.5 Å². The summed E-state index contributed by atoms with van der Waals surface area (Å²) in [5, 5.41) is 7.47. The highest BCUT2D eigenvalue weighted by Crippen LogP contribution is 2.14. The average molecular weight is 323 g/mol. The molecule has 1 heterocycles. The van der Waals surface area contributed by atoms with E-state index in [0.29, 0.717) is 0 Å². The predicted octanol–water partition coefficient (Wildman–Crippen LogP) is 2.74. The Balaban J connectivity index is 1.69. The van der Waals surface area contributed by atoms with Crippen LogP contribution in [0.25, 0.3) is 0 Å². The number of benzene rings is 1. The number of likely N-dealkylation sites (tertiary alicyclic amines) is 1. The molecule has 1 aliphatic rings. The van der Waals surface area contributed by atoms with Gasteiger partial charge in [-0.15, -0.1) is 0 Å². The molecule has 2 rings (SSSR count). The number of guanidine groups is 1. The zero-order chi connectivity index (χ0) is 15.8. The zero-order valence-corrected chi connectivity index (χ0v) is 14.4. The van der Waals surface area contributed by atoms with E-state index >= 15 is 0 Å². The molecule has 1 aromatic rings. The average Bonchev–Trinajstić information content (AvgIpc) is 2.51. The van der Waals surface area contributed by atoms with E-state index in [2.05, 4.69) is 33.5 Å². The predicted molar refractivity (Wildman–Crippen MR) is 94.5 cm³/mol. The van der Waals surface area contributed by atoms with Crippen molar-refractivity contribution < 1.29 is 0 Å². The van der Waals surface area contributed by atoms with Crippen molar-refractivity contribution in [3.8, 4) is 0 Å². The molecular weight excluding hydrogens is 296 g/mol. The summed E-state index contributed by atoms with van der Waals surface area (Å²) < 4.78 is 0. The lowest BCUT2D eigenvalue weighted by molar-refractivity contribution is 0.187. The molecule has 0 bridgehead atoms. The third-order valence-corrected chi connectivity index (χ3v) is 4.27. The SMILES string of the molecule is CN=C(NCCN1CCCC(C)C1)NCc1cccc(Cl)c1. The van der Waals surface area contributed by atoms with E-state index in [4.69, 9.17) is 11.6 Å². The highest BCUT2D eigenvalue weighted by atomic mass is 35.5. The van der Waals surface area contributed by atoms with Crippen LogP contribution < -0.4 is 10.6 Å². The Kier molecular flexibility index (Phi) is 7.00. The van der Waals surface area contributed by atoms with Gasteiger partial charge in [0.1, 0.15) is 0 Å². The third-order valence-electron chi connectivity index (χ3n) is 4.03. The normalized spacial score (nSPS) is 20.0. The van der Waals surface area contributed by atoms with Crippen molar-refractivity contribution in [2.24, 2.45) is 10.9 Å². The Hall–Kier alpha value is -1.26.